The lowest BCUT2D eigenvalue weighted by molar-refractivity contribution is -0.308. The monoisotopic (exact) mass is 349 g/mol. The molecular formula is C10H8BrNO6S-2. The molecule has 0 spiro atoms. The molecule has 1 aromatic rings. The van der Waals surface area contributed by atoms with Gasteiger partial charge in [-0.1, -0.05) is 15.9 Å². The predicted molar refractivity (Wildman–Crippen MR) is 62.9 cm³/mol. The third kappa shape index (κ3) is 4.30. The molecule has 9 heteroatoms. The minimum atomic E-state index is -4.24. The number of nitrogens with zero attached hydrogens (tertiary/aromatic N) is 1. The van der Waals surface area contributed by atoms with E-state index in [4.69, 9.17) is 0 Å². The number of halogens is 1. The van der Waals surface area contributed by atoms with Crippen LogP contribution in [0, 0.1) is 0 Å². The molecule has 0 aliphatic carbocycles. The molecule has 0 saturated carbocycles. The van der Waals surface area contributed by atoms with Crippen LogP contribution in [0.5, 0.6) is 0 Å². The maximum absolute atomic E-state index is 12.0. The van der Waals surface area contributed by atoms with Crippen LogP contribution in [-0.4, -0.2) is 37.8 Å². The molecule has 0 atom stereocenters. The Labute approximate surface area is 117 Å². The highest BCUT2D eigenvalue weighted by Gasteiger charge is 2.24. The van der Waals surface area contributed by atoms with Gasteiger partial charge >= 0.3 is 0 Å². The molecule has 0 amide bonds. The molecule has 1 aromatic carbocycles. The Morgan fingerprint density at radius 3 is 1.84 bits per heavy atom. The standard InChI is InChI=1S/C10H10BrNO6S/c11-7-1-3-8(4-2-7)19(17,18)12(5-9(13)14)6-10(15)16/h1-4H,5-6H2,(H,13,14)(H,15,16)/p-2. The van der Waals surface area contributed by atoms with Crippen LogP contribution in [0.25, 0.3) is 0 Å². The van der Waals surface area contributed by atoms with Gasteiger partial charge in [0.05, 0.1) is 29.9 Å². The van der Waals surface area contributed by atoms with Gasteiger partial charge in [0, 0.05) is 4.47 Å². The van der Waals surface area contributed by atoms with E-state index in [0.29, 0.717) is 4.47 Å². The van der Waals surface area contributed by atoms with Crippen molar-refractivity contribution in [2.45, 2.75) is 4.90 Å². The number of hydrogen-bond acceptors (Lipinski definition) is 6. The van der Waals surface area contributed by atoms with Crippen molar-refractivity contribution in [3.8, 4) is 0 Å². The number of carbonyl (C=O) groups is 2. The summed E-state index contributed by atoms with van der Waals surface area (Å²) < 4.78 is 25.0. The molecule has 0 radical (unpaired) electrons. The number of carboxylic acids is 2. The van der Waals surface area contributed by atoms with E-state index >= 15 is 0 Å². The minimum Gasteiger partial charge on any atom is -0.549 e. The van der Waals surface area contributed by atoms with Crippen molar-refractivity contribution >= 4 is 37.9 Å². The largest absolute Gasteiger partial charge is 0.549 e. The summed E-state index contributed by atoms with van der Waals surface area (Å²) >= 11 is 3.11. The number of carbonyl (C=O) groups excluding carboxylic acids is 2. The lowest BCUT2D eigenvalue weighted by Crippen LogP contribution is -2.46. The minimum absolute atomic E-state index is 0.224. The van der Waals surface area contributed by atoms with Crippen molar-refractivity contribution in [1.29, 1.82) is 0 Å². The van der Waals surface area contributed by atoms with Crippen LogP contribution in [-0.2, 0) is 19.6 Å². The first kappa shape index (κ1) is 15.6. The van der Waals surface area contributed by atoms with Gasteiger partial charge in [-0.15, -0.1) is 0 Å². The molecule has 0 fully saturated rings. The number of carboxylic acid groups (broad SMARTS) is 2. The fourth-order valence-corrected chi connectivity index (χ4v) is 2.86. The van der Waals surface area contributed by atoms with Gasteiger partial charge in [0.15, 0.2) is 0 Å². The first-order chi connectivity index (χ1) is 8.73. The summed E-state index contributed by atoms with van der Waals surface area (Å²) in [6.07, 6.45) is 0. The Balaban J connectivity index is 3.14. The summed E-state index contributed by atoms with van der Waals surface area (Å²) in [5.41, 5.74) is 0. The van der Waals surface area contributed by atoms with Gasteiger partial charge in [-0.2, -0.15) is 4.31 Å². The average molecular weight is 350 g/mol. The second kappa shape index (κ2) is 6.13. The Bertz CT molecular complexity index is 567. The average Bonchev–Trinajstić information content (AvgIpc) is 2.27. The fourth-order valence-electron chi connectivity index (χ4n) is 1.27. The number of sulfonamides is 1. The molecule has 0 heterocycles. The second-order valence-electron chi connectivity index (χ2n) is 3.47. The third-order valence-electron chi connectivity index (χ3n) is 2.06. The first-order valence-corrected chi connectivity index (χ1v) is 7.12. The van der Waals surface area contributed by atoms with E-state index < -0.39 is 35.1 Å². The van der Waals surface area contributed by atoms with Crippen molar-refractivity contribution in [2.75, 3.05) is 13.1 Å². The van der Waals surface area contributed by atoms with Crippen molar-refractivity contribution < 1.29 is 28.2 Å². The molecule has 0 aliphatic rings. The van der Waals surface area contributed by atoms with Crippen LogP contribution < -0.4 is 10.2 Å². The molecule has 0 bridgehead atoms. The lowest BCUT2D eigenvalue weighted by Gasteiger charge is -2.22. The van der Waals surface area contributed by atoms with Crippen LogP contribution in [0.2, 0.25) is 0 Å². The number of rotatable bonds is 6. The summed E-state index contributed by atoms with van der Waals surface area (Å²) in [4.78, 5) is 20.7. The molecule has 19 heavy (non-hydrogen) atoms. The zero-order valence-corrected chi connectivity index (χ0v) is 11.8. The Morgan fingerprint density at radius 2 is 1.47 bits per heavy atom. The number of aliphatic carboxylic acids is 2. The van der Waals surface area contributed by atoms with Crippen molar-refractivity contribution in [1.82, 2.24) is 4.31 Å². The summed E-state index contributed by atoms with van der Waals surface area (Å²) in [6.45, 7) is -2.13. The summed E-state index contributed by atoms with van der Waals surface area (Å²) in [6, 6.07) is 5.31. The highest BCUT2D eigenvalue weighted by atomic mass is 79.9. The molecule has 1 rings (SSSR count). The van der Waals surface area contributed by atoms with E-state index in [0.717, 1.165) is 0 Å². The predicted octanol–water partition coefficient (Wildman–Crippen LogP) is -2.06. The van der Waals surface area contributed by atoms with Crippen molar-refractivity contribution in [3.63, 3.8) is 0 Å². The molecule has 0 aromatic heterocycles. The first-order valence-electron chi connectivity index (χ1n) is 4.89. The van der Waals surface area contributed by atoms with E-state index in [2.05, 4.69) is 15.9 Å². The van der Waals surface area contributed by atoms with Gasteiger partial charge in [0.25, 0.3) is 0 Å². The van der Waals surface area contributed by atoms with Gasteiger partial charge < -0.3 is 19.8 Å². The van der Waals surface area contributed by atoms with Gasteiger partial charge in [0.1, 0.15) is 0 Å². The maximum Gasteiger partial charge on any atom is 0.243 e. The van der Waals surface area contributed by atoms with E-state index in [1.807, 2.05) is 0 Å². The Morgan fingerprint density at radius 1 is 1.05 bits per heavy atom. The molecule has 0 aliphatic heterocycles. The van der Waals surface area contributed by atoms with Gasteiger partial charge in [-0.25, -0.2) is 8.42 Å². The molecule has 0 N–H and O–H groups in total. The van der Waals surface area contributed by atoms with Crippen molar-refractivity contribution in [2.24, 2.45) is 0 Å². The van der Waals surface area contributed by atoms with E-state index in [1.54, 1.807) is 0 Å². The van der Waals surface area contributed by atoms with E-state index in [-0.39, 0.29) is 9.20 Å². The Kier molecular flexibility index (Phi) is 5.04. The van der Waals surface area contributed by atoms with Crippen LogP contribution >= 0.6 is 15.9 Å². The molecule has 7 nitrogen and oxygen atoms in total. The Hall–Kier alpha value is -1.45. The zero-order valence-electron chi connectivity index (χ0n) is 9.41. The normalized spacial score (nSPS) is 11.5. The van der Waals surface area contributed by atoms with E-state index in [1.165, 1.54) is 24.3 Å². The van der Waals surface area contributed by atoms with Crippen LogP contribution in [0.3, 0.4) is 0 Å². The zero-order chi connectivity index (χ0) is 14.6. The number of benzene rings is 1. The topological polar surface area (TPSA) is 118 Å². The molecule has 0 saturated heterocycles. The lowest BCUT2D eigenvalue weighted by atomic mass is 10.4. The smallest absolute Gasteiger partial charge is 0.243 e. The molecule has 0 unspecified atom stereocenters. The highest BCUT2D eigenvalue weighted by molar-refractivity contribution is 9.10. The fraction of sp³-hybridized carbons (Fsp3) is 0.200. The summed E-state index contributed by atoms with van der Waals surface area (Å²) in [5.74, 6) is -3.41. The highest BCUT2D eigenvalue weighted by Crippen LogP contribution is 2.18. The van der Waals surface area contributed by atoms with Crippen LogP contribution in [0.15, 0.2) is 33.6 Å². The van der Waals surface area contributed by atoms with Crippen molar-refractivity contribution in [3.05, 3.63) is 28.7 Å². The summed E-state index contributed by atoms with van der Waals surface area (Å²) in [7, 11) is -4.24. The SMILES string of the molecule is O=C([O-])CN(CC(=O)[O-])S(=O)(=O)c1ccc(Br)cc1. The van der Waals surface area contributed by atoms with Gasteiger partial charge in [-0.3, -0.25) is 0 Å². The molecule has 104 valence electrons. The summed E-state index contributed by atoms with van der Waals surface area (Å²) in [5, 5.41) is 21.0. The van der Waals surface area contributed by atoms with Gasteiger partial charge in [0.2, 0.25) is 10.0 Å². The maximum atomic E-state index is 12.0. The second-order valence-corrected chi connectivity index (χ2v) is 6.32. The van der Waals surface area contributed by atoms with Crippen LogP contribution in [0.1, 0.15) is 0 Å². The van der Waals surface area contributed by atoms with Crippen LogP contribution in [0.4, 0.5) is 0 Å². The number of hydrogen-bond donors (Lipinski definition) is 0. The molecular weight excluding hydrogens is 342 g/mol. The van der Waals surface area contributed by atoms with E-state index in [9.17, 15) is 28.2 Å². The third-order valence-corrected chi connectivity index (χ3v) is 4.40. The quantitative estimate of drug-likeness (QED) is 0.582. The van der Waals surface area contributed by atoms with Gasteiger partial charge in [-0.05, 0) is 24.3 Å².